The largest absolute Gasteiger partial charge is 0.378 e. The highest BCUT2D eigenvalue weighted by Crippen LogP contribution is 2.25. The zero-order valence-corrected chi connectivity index (χ0v) is 16.2. The van der Waals surface area contributed by atoms with Crippen LogP contribution in [0.15, 0.2) is 54.6 Å². The van der Waals surface area contributed by atoms with Gasteiger partial charge in [0.1, 0.15) is 0 Å². The Hall–Kier alpha value is -2.37. The highest BCUT2D eigenvalue weighted by atomic mass is 16.5. The number of carbonyl (C=O) groups is 1. The molecule has 5 nitrogen and oxygen atoms in total. The first-order chi connectivity index (χ1) is 13.1. The Morgan fingerprint density at radius 3 is 2.44 bits per heavy atom. The maximum atomic E-state index is 13.0. The summed E-state index contributed by atoms with van der Waals surface area (Å²) in [7, 11) is 1.85. The van der Waals surface area contributed by atoms with E-state index in [1.807, 2.05) is 56.4 Å². The number of hydrogen-bond donors (Lipinski definition) is 1. The molecule has 0 saturated carbocycles. The lowest BCUT2D eigenvalue weighted by molar-refractivity contribution is -0.134. The minimum atomic E-state index is -0.310. The van der Waals surface area contributed by atoms with Gasteiger partial charge in [-0.15, -0.1) is 0 Å². The summed E-state index contributed by atoms with van der Waals surface area (Å²) in [4.78, 5) is 17.1. The first kappa shape index (κ1) is 19.4. The van der Waals surface area contributed by atoms with Crippen molar-refractivity contribution in [3.05, 3.63) is 65.7 Å². The second-order valence-corrected chi connectivity index (χ2v) is 7.15. The molecule has 0 aliphatic carbocycles. The molecule has 0 spiro atoms. The third-order valence-corrected chi connectivity index (χ3v) is 5.24. The fourth-order valence-corrected chi connectivity index (χ4v) is 3.56. The number of carbonyl (C=O) groups excluding carboxylic acids is 1. The van der Waals surface area contributed by atoms with Gasteiger partial charge in [0.05, 0.1) is 19.1 Å². The topological polar surface area (TPSA) is 58.8 Å². The molecule has 1 amide bonds. The van der Waals surface area contributed by atoms with Crippen LogP contribution in [0.3, 0.4) is 0 Å². The fraction of sp³-hybridized carbons (Fsp3) is 0.409. The van der Waals surface area contributed by atoms with Gasteiger partial charge in [-0.1, -0.05) is 55.5 Å². The van der Waals surface area contributed by atoms with Crippen LogP contribution in [0, 0.1) is 5.92 Å². The molecule has 1 aliphatic rings. The molecule has 2 atom stereocenters. The van der Waals surface area contributed by atoms with Gasteiger partial charge in [0.2, 0.25) is 5.91 Å². The van der Waals surface area contributed by atoms with Crippen LogP contribution in [-0.4, -0.2) is 44.2 Å². The maximum Gasteiger partial charge on any atom is 0.227 e. The summed E-state index contributed by atoms with van der Waals surface area (Å²) in [5.41, 5.74) is 9.66. The Kier molecular flexibility index (Phi) is 6.48. The Labute approximate surface area is 161 Å². The zero-order valence-electron chi connectivity index (χ0n) is 16.2. The summed E-state index contributed by atoms with van der Waals surface area (Å²) in [5, 5.41) is 0. The van der Waals surface area contributed by atoms with E-state index in [4.69, 9.17) is 10.5 Å². The van der Waals surface area contributed by atoms with Crippen molar-refractivity contribution in [1.82, 2.24) is 4.90 Å². The van der Waals surface area contributed by atoms with Gasteiger partial charge in [0.25, 0.3) is 0 Å². The molecule has 0 bridgehead atoms. The second kappa shape index (κ2) is 9.02. The monoisotopic (exact) mass is 367 g/mol. The lowest BCUT2D eigenvalue weighted by Gasteiger charge is -2.32. The predicted molar refractivity (Wildman–Crippen MR) is 108 cm³/mol. The molecule has 2 unspecified atom stereocenters. The summed E-state index contributed by atoms with van der Waals surface area (Å²) in [5.74, 6) is -0.226. The quantitative estimate of drug-likeness (QED) is 0.853. The third-order valence-electron chi connectivity index (χ3n) is 5.24. The van der Waals surface area contributed by atoms with Crippen LogP contribution in [-0.2, 0) is 16.1 Å². The summed E-state index contributed by atoms with van der Waals surface area (Å²) in [6.07, 6.45) is 0. The third kappa shape index (κ3) is 4.67. The van der Waals surface area contributed by atoms with Gasteiger partial charge in [-0.3, -0.25) is 4.79 Å². The Morgan fingerprint density at radius 2 is 1.74 bits per heavy atom. The second-order valence-electron chi connectivity index (χ2n) is 7.15. The summed E-state index contributed by atoms with van der Waals surface area (Å²) in [6, 6.07) is 17.8. The number of nitrogens with two attached hydrogens (primary N) is 1. The van der Waals surface area contributed by atoms with Crippen molar-refractivity contribution in [2.45, 2.75) is 19.5 Å². The van der Waals surface area contributed by atoms with E-state index in [0.717, 1.165) is 37.4 Å². The molecule has 144 valence electrons. The highest BCUT2D eigenvalue weighted by molar-refractivity contribution is 5.79. The maximum absolute atomic E-state index is 13.0. The van der Waals surface area contributed by atoms with E-state index in [1.54, 1.807) is 4.90 Å². The zero-order chi connectivity index (χ0) is 19.2. The number of para-hydroxylation sites is 1. The van der Waals surface area contributed by atoms with Crippen LogP contribution in [0.2, 0.25) is 0 Å². The van der Waals surface area contributed by atoms with E-state index < -0.39 is 0 Å². The van der Waals surface area contributed by atoms with Gasteiger partial charge in [-0.25, -0.2) is 0 Å². The van der Waals surface area contributed by atoms with Crippen molar-refractivity contribution >= 4 is 11.6 Å². The molecule has 1 aliphatic heterocycles. The van der Waals surface area contributed by atoms with Crippen LogP contribution in [0.5, 0.6) is 0 Å². The minimum Gasteiger partial charge on any atom is -0.378 e. The van der Waals surface area contributed by atoms with Crippen molar-refractivity contribution in [1.29, 1.82) is 0 Å². The van der Waals surface area contributed by atoms with E-state index in [0.29, 0.717) is 6.54 Å². The first-order valence-corrected chi connectivity index (χ1v) is 9.54. The number of anilines is 1. The number of nitrogens with zero attached hydrogens (tertiary/aromatic N) is 2. The summed E-state index contributed by atoms with van der Waals surface area (Å²) in [6.45, 7) is 5.72. The molecule has 2 N–H and O–H groups in total. The SMILES string of the molecule is CC(C(=O)N(C)Cc1ccccc1N1CCOCC1)C(N)c1ccccc1. The number of hydrogen-bond acceptors (Lipinski definition) is 4. The van der Waals surface area contributed by atoms with Crippen molar-refractivity contribution in [2.75, 3.05) is 38.3 Å². The Balaban J connectivity index is 1.69. The molecular formula is C22H29N3O2. The number of morpholine rings is 1. The van der Waals surface area contributed by atoms with Crippen LogP contribution in [0.25, 0.3) is 0 Å². The lowest BCUT2D eigenvalue weighted by atomic mass is 9.94. The van der Waals surface area contributed by atoms with Gasteiger partial charge in [-0.2, -0.15) is 0 Å². The van der Waals surface area contributed by atoms with Gasteiger partial charge in [0, 0.05) is 38.4 Å². The molecule has 0 aromatic heterocycles. The number of amides is 1. The Bertz CT molecular complexity index is 744. The van der Waals surface area contributed by atoms with Crippen molar-refractivity contribution in [2.24, 2.45) is 11.7 Å². The minimum absolute atomic E-state index is 0.0585. The van der Waals surface area contributed by atoms with E-state index >= 15 is 0 Å². The van der Waals surface area contributed by atoms with E-state index in [-0.39, 0.29) is 17.9 Å². The normalized spacial score (nSPS) is 16.6. The number of rotatable bonds is 6. The Morgan fingerprint density at radius 1 is 1.11 bits per heavy atom. The molecule has 5 heteroatoms. The van der Waals surface area contributed by atoms with Gasteiger partial charge in [0.15, 0.2) is 0 Å². The average molecular weight is 367 g/mol. The molecule has 27 heavy (non-hydrogen) atoms. The smallest absolute Gasteiger partial charge is 0.227 e. The summed E-state index contributed by atoms with van der Waals surface area (Å²) >= 11 is 0. The number of benzene rings is 2. The predicted octanol–water partition coefficient (Wildman–Crippen LogP) is 2.82. The average Bonchev–Trinajstić information content (AvgIpc) is 2.73. The van der Waals surface area contributed by atoms with Gasteiger partial charge >= 0.3 is 0 Å². The van der Waals surface area contributed by atoms with E-state index in [1.165, 1.54) is 5.69 Å². The fourth-order valence-electron chi connectivity index (χ4n) is 3.56. The van der Waals surface area contributed by atoms with Crippen molar-refractivity contribution in [3.63, 3.8) is 0 Å². The van der Waals surface area contributed by atoms with E-state index in [2.05, 4.69) is 17.0 Å². The number of ether oxygens (including phenoxy) is 1. The van der Waals surface area contributed by atoms with Crippen LogP contribution in [0.4, 0.5) is 5.69 Å². The van der Waals surface area contributed by atoms with Crippen LogP contribution >= 0.6 is 0 Å². The molecule has 3 rings (SSSR count). The van der Waals surface area contributed by atoms with Crippen molar-refractivity contribution < 1.29 is 9.53 Å². The standard InChI is InChI=1S/C22H29N3O2/c1-17(21(23)18-8-4-3-5-9-18)22(26)24(2)16-19-10-6-7-11-20(19)25-12-14-27-15-13-25/h3-11,17,21H,12-16,23H2,1-2H3. The van der Waals surface area contributed by atoms with Gasteiger partial charge in [-0.05, 0) is 17.2 Å². The molecule has 0 radical (unpaired) electrons. The van der Waals surface area contributed by atoms with Crippen LogP contribution in [0.1, 0.15) is 24.1 Å². The molecular weight excluding hydrogens is 338 g/mol. The molecule has 1 fully saturated rings. The first-order valence-electron chi connectivity index (χ1n) is 9.54. The van der Waals surface area contributed by atoms with E-state index in [9.17, 15) is 4.79 Å². The highest BCUT2D eigenvalue weighted by Gasteiger charge is 2.25. The lowest BCUT2D eigenvalue weighted by Crippen LogP contribution is -2.39. The molecule has 1 saturated heterocycles. The summed E-state index contributed by atoms with van der Waals surface area (Å²) < 4.78 is 5.46. The molecule has 2 aromatic carbocycles. The van der Waals surface area contributed by atoms with Gasteiger partial charge < -0.3 is 20.3 Å². The molecule has 2 aromatic rings. The molecule has 1 heterocycles. The van der Waals surface area contributed by atoms with Crippen molar-refractivity contribution in [3.8, 4) is 0 Å². The van der Waals surface area contributed by atoms with Crippen LogP contribution < -0.4 is 10.6 Å².